The first kappa shape index (κ1) is 27.7. The lowest BCUT2D eigenvalue weighted by atomic mass is 9.53. The van der Waals surface area contributed by atoms with Crippen LogP contribution in [0.5, 0.6) is 5.75 Å². The third kappa shape index (κ3) is 3.96. The summed E-state index contributed by atoms with van der Waals surface area (Å²) in [6.45, 7) is 3.65. The van der Waals surface area contributed by atoms with Crippen molar-refractivity contribution in [3.05, 3.63) is 53.1 Å². The number of sulfonamides is 1. The van der Waals surface area contributed by atoms with Gasteiger partial charge in [0.1, 0.15) is 0 Å². The Morgan fingerprint density at radius 3 is 2.33 bits per heavy atom. The van der Waals surface area contributed by atoms with Gasteiger partial charge in [-0.3, -0.25) is 28.7 Å². The van der Waals surface area contributed by atoms with E-state index in [0.29, 0.717) is 11.1 Å². The number of aliphatic hydroxyl groups is 1. The average Bonchev–Trinajstić information content (AvgIpc) is 2.87. The van der Waals surface area contributed by atoms with Crippen molar-refractivity contribution >= 4 is 44.8 Å². The Balaban J connectivity index is 1.61. The van der Waals surface area contributed by atoms with Crippen LogP contribution < -0.4 is 10.5 Å². The molecule has 2 aromatic carbocycles. The molecule has 3 aliphatic carbocycles. The minimum atomic E-state index is -4.16. The van der Waals surface area contributed by atoms with Crippen LogP contribution in [-0.4, -0.2) is 53.3 Å². The fourth-order valence-corrected chi connectivity index (χ4v) is 7.54. The van der Waals surface area contributed by atoms with Gasteiger partial charge in [-0.25, -0.2) is 8.42 Å². The summed E-state index contributed by atoms with van der Waals surface area (Å²) in [6.07, 6.45) is -0.339. The monoisotopic (exact) mass is 568 g/mol. The number of hydrogen-bond acceptors (Lipinski definition) is 9. The smallest absolute Gasteiger partial charge is 0.262 e. The Morgan fingerprint density at radius 1 is 1.07 bits per heavy atom. The molecule has 2 saturated carbocycles. The number of primary amides is 1. The van der Waals surface area contributed by atoms with Crippen molar-refractivity contribution in [3.63, 3.8) is 0 Å². The maximum Gasteiger partial charge on any atom is 0.262 e. The second-order valence-electron chi connectivity index (χ2n) is 11.0. The molecule has 0 aliphatic heterocycles. The number of nitrogens with two attached hydrogens (primary N) is 1. The third-order valence-corrected chi connectivity index (χ3v) is 9.74. The van der Waals surface area contributed by atoms with Gasteiger partial charge in [-0.05, 0) is 54.0 Å². The van der Waals surface area contributed by atoms with Crippen molar-refractivity contribution in [2.45, 2.75) is 49.5 Å². The Hall–Kier alpha value is -3.90. The highest BCUT2D eigenvalue weighted by molar-refractivity contribution is 7.92. The number of nitrogens with one attached hydrogen (secondary N) is 1. The van der Waals surface area contributed by atoms with E-state index >= 15 is 0 Å². The van der Waals surface area contributed by atoms with Gasteiger partial charge >= 0.3 is 0 Å². The Morgan fingerprint density at radius 2 is 1.73 bits per heavy atom. The van der Waals surface area contributed by atoms with Gasteiger partial charge in [0.05, 0.1) is 22.1 Å². The lowest BCUT2D eigenvalue weighted by Gasteiger charge is -2.48. The molecule has 5 N–H and O–H groups in total. The lowest BCUT2D eigenvalue weighted by Crippen LogP contribution is -2.68. The Kier molecular flexibility index (Phi) is 6.46. The highest BCUT2D eigenvalue weighted by atomic mass is 32.2. The van der Waals surface area contributed by atoms with Gasteiger partial charge in [0.15, 0.2) is 40.4 Å². The summed E-state index contributed by atoms with van der Waals surface area (Å²) in [5.74, 6) is -11.7. The summed E-state index contributed by atoms with van der Waals surface area (Å²) in [7, 11) is -4.16. The van der Waals surface area contributed by atoms with E-state index in [1.165, 1.54) is 30.3 Å². The van der Waals surface area contributed by atoms with Crippen LogP contribution in [0.4, 0.5) is 5.69 Å². The number of amides is 1. The van der Waals surface area contributed by atoms with Crippen LogP contribution in [0.1, 0.15) is 54.1 Å². The molecule has 0 heterocycles. The summed E-state index contributed by atoms with van der Waals surface area (Å²) >= 11 is 0. The van der Waals surface area contributed by atoms with Crippen LogP contribution in [0.25, 0.3) is 0 Å². The Bertz CT molecular complexity index is 1600. The minimum Gasteiger partial charge on any atom is -0.505 e. The molecule has 5 rings (SSSR count). The molecule has 0 aromatic heterocycles. The van der Waals surface area contributed by atoms with Crippen molar-refractivity contribution in [1.82, 2.24) is 0 Å². The number of fused-ring (bicyclic) bond motifs is 3. The first-order valence-electron chi connectivity index (χ1n) is 12.8. The van der Waals surface area contributed by atoms with Gasteiger partial charge in [-0.2, -0.15) is 0 Å². The third-order valence-electron chi connectivity index (χ3n) is 8.36. The van der Waals surface area contributed by atoms with Crippen molar-refractivity contribution in [2.24, 2.45) is 29.4 Å². The largest absolute Gasteiger partial charge is 0.505 e. The van der Waals surface area contributed by atoms with E-state index in [9.17, 15) is 42.6 Å². The van der Waals surface area contributed by atoms with Crippen LogP contribution in [0, 0.1) is 23.7 Å². The van der Waals surface area contributed by atoms with Gasteiger partial charge in [0.2, 0.25) is 5.91 Å². The number of aromatic hydroxyl groups is 1. The maximum atomic E-state index is 13.9. The van der Waals surface area contributed by atoms with Gasteiger partial charge in [0.25, 0.3) is 10.0 Å². The molecule has 11 nitrogen and oxygen atoms in total. The van der Waals surface area contributed by atoms with Gasteiger partial charge in [-0.1, -0.05) is 32.0 Å². The van der Waals surface area contributed by atoms with Crippen molar-refractivity contribution in [2.75, 3.05) is 4.72 Å². The second-order valence-corrected chi connectivity index (χ2v) is 12.7. The zero-order chi connectivity index (χ0) is 29.3. The molecular formula is C28H28N2O9S. The molecule has 1 amide bonds. The van der Waals surface area contributed by atoms with Gasteiger partial charge < -0.3 is 15.9 Å². The van der Waals surface area contributed by atoms with Crippen LogP contribution in [-0.2, 0) is 35.6 Å². The summed E-state index contributed by atoms with van der Waals surface area (Å²) in [5.41, 5.74) is 2.94. The fraction of sp³-hybridized carbons (Fsp3) is 0.393. The predicted molar refractivity (Wildman–Crippen MR) is 140 cm³/mol. The van der Waals surface area contributed by atoms with Crippen molar-refractivity contribution < 1.29 is 42.6 Å². The number of anilines is 1. The van der Waals surface area contributed by atoms with Crippen LogP contribution in [0.3, 0.4) is 0 Å². The summed E-state index contributed by atoms with van der Waals surface area (Å²) < 4.78 is 28.4. The molecule has 0 bridgehead atoms. The zero-order valence-electron chi connectivity index (χ0n) is 21.7. The van der Waals surface area contributed by atoms with E-state index in [0.717, 1.165) is 0 Å². The highest BCUT2D eigenvalue weighted by Crippen LogP contribution is 2.52. The highest BCUT2D eigenvalue weighted by Gasteiger charge is 2.66. The molecule has 2 aromatic rings. The molecule has 0 radical (unpaired) electrons. The molecule has 3 aliphatic rings. The normalized spacial score (nSPS) is 28.1. The van der Waals surface area contributed by atoms with Gasteiger partial charge in [-0.15, -0.1) is 0 Å². The lowest BCUT2D eigenvalue weighted by molar-refractivity contribution is -0.175. The SMILES string of the molecule is CC(C)c1cc(NS(=O)(=O)c2ccccc2)c(O)c2c1C[C@H]1C[C@H]3CC(=O)C(C(N)=O)C(=O)[C@@]3(O)C(=O)C1C2=O. The van der Waals surface area contributed by atoms with E-state index in [1.807, 2.05) is 13.8 Å². The molecule has 5 atom stereocenters. The van der Waals surface area contributed by atoms with Crippen molar-refractivity contribution in [1.29, 1.82) is 0 Å². The molecular weight excluding hydrogens is 540 g/mol. The first-order chi connectivity index (χ1) is 18.7. The number of carbonyl (C=O) groups excluding carboxylic acids is 5. The molecule has 2 unspecified atom stereocenters. The van der Waals surface area contributed by atoms with Crippen molar-refractivity contribution in [3.8, 4) is 5.75 Å². The number of hydrogen-bond donors (Lipinski definition) is 4. The minimum absolute atomic E-state index is 0.0261. The molecule has 40 heavy (non-hydrogen) atoms. The number of ketones is 4. The number of benzene rings is 2. The maximum absolute atomic E-state index is 13.9. The predicted octanol–water partition coefficient (Wildman–Crippen LogP) is 1.25. The van der Waals surface area contributed by atoms with E-state index < -0.39 is 80.5 Å². The summed E-state index contributed by atoms with van der Waals surface area (Å²) in [5, 5.41) is 22.6. The number of phenolic OH excluding ortho intramolecular Hbond substituents is 1. The van der Waals surface area contributed by atoms with E-state index in [2.05, 4.69) is 4.72 Å². The fourth-order valence-electron chi connectivity index (χ4n) is 6.46. The summed E-state index contributed by atoms with van der Waals surface area (Å²) in [6, 6.07) is 8.87. The van der Waals surface area contributed by atoms with E-state index in [1.54, 1.807) is 6.07 Å². The molecule has 0 spiro atoms. The number of rotatable bonds is 5. The van der Waals surface area contributed by atoms with E-state index in [4.69, 9.17) is 5.73 Å². The van der Waals surface area contributed by atoms with Crippen LogP contribution in [0.15, 0.2) is 41.3 Å². The van der Waals surface area contributed by atoms with Gasteiger partial charge in [0, 0.05) is 12.3 Å². The Labute approximate surface area is 229 Å². The zero-order valence-corrected chi connectivity index (χ0v) is 22.5. The number of phenols is 1. The quantitative estimate of drug-likeness (QED) is 0.303. The molecule has 0 saturated heterocycles. The standard InChI is InChI=1S/C28H28N2O9S/c1-12(2)16-11-18(30-40(38,39)15-6-4-3-5-7-15)23(32)21-17(16)9-13-8-14-10-19(31)22(27(29)36)26(35)28(14,37)25(34)20(13)24(21)33/h3-7,11-14,20,22,30,32,37H,8-10H2,1-2H3,(H2,29,36)/t13-,14+,20?,22?,28+/m1/s1. The molecule has 2 fully saturated rings. The average molecular weight is 569 g/mol. The van der Waals surface area contributed by atoms with E-state index in [-0.39, 0.29) is 34.9 Å². The number of carbonyl (C=O) groups is 5. The summed E-state index contributed by atoms with van der Waals surface area (Å²) in [4.78, 5) is 65.0. The molecule has 210 valence electrons. The molecule has 12 heteroatoms. The first-order valence-corrected chi connectivity index (χ1v) is 14.3. The topological polar surface area (TPSA) is 198 Å². The number of Topliss-reactive ketones (excluding diaryl/α,β-unsaturated/α-hetero) is 4. The van der Waals surface area contributed by atoms with Crippen LogP contribution in [0.2, 0.25) is 0 Å². The van der Waals surface area contributed by atoms with Crippen LogP contribution >= 0.6 is 0 Å². The second kappa shape index (κ2) is 9.34.